The van der Waals surface area contributed by atoms with E-state index in [1.165, 1.54) is 56.9 Å². The standard InChI is InChI=1S/C23H27ClN2S/c1-2-3-4-5-17-6-8-18(9-7-17)19-10-12-20(13-11-19)23-22(24)14-21(15-25-23)26-16-27/h10-15,17-18H,2-9H2,1H3. The summed E-state index contributed by atoms with van der Waals surface area (Å²) < 4.78 is 0. The van der Waals surface area contributed by atoms with E-state index in [1.807, 2.05) is 0 Å². The number of nitrogens with zero attached hydrogens (tertiary/aromatic N) is 2. The van der Waals surface area contributed by atoms with Gasteiger partial charge in [-0.1, -0.05) is 68.5 Å². The summed E-state index contributed by atoms with van der Waals surface area (Å²) in [5, 5.41) is 2.93. The second-order valence-electron chi connectivity index (χ2n) is 7.56. The number of unbranched alkanes of at least 4 members (excludes halogenated alkanes) is 2. The van der Waals surface area contributed by atoms with Gasteiger partial charge in [0.1, 0.15) is 0 Å². The van der Waals surface area contributed by atoms with E-state index in [0.717, 1.165) is 17.2 Å². The fraction of sp³-hybridized carbons (Fsp3) is 0.478. The van der Waals surface area contributed by atoms with Crippen LogP contribution in [0.1, 0.15) is 69.8 Å². The van der Waals surface area contributed by atoms with Crippen molar-refractivity contribution in [1.29, 1.82) is 0 Å². The van der Waals surface area contributed by atoms with Crippen molar-refractivity contribution >= 4 is 34.7 Å². The van der Waals surface area contributed by atoms with E-state index in [4.69, 9.17) is 11.6 Å². The Bertz CT molecular complexity index is 789. The zero-order chi connectivity index (χ0) is 19.1. The first-order valence-electron chi connectivity index (χ1n) is 10.0. The van der Waals surface area contributed by atoms with Gasteiger partial charge in [0, 0.05) is 5.56 Å². The Morgan fingerprint density at radius 1 is 1.15 bits per heavy atom. The first kappa shape index (κ1) is 20.2. The molecular weight excluding hydrogens is 372 g/mol. The molecule has 1 heterocycles. The lowest BCUT2D eigenvalue weighted by Crippen LogP contribution is -2.13. The van der Waals surface area contributed by atoms with Crippen LogP contribution in [0.5, 0.6) is 0 Å². The lowest BCUT2D eigenvalue weighted by molar-refractivity contribution is 0.303. The maximum atomic E-state index is 6.37. The summed E-state index contributed by atoms with van der Waals surface area (Å²) in [5.74, 6) is 1.65. The van der Waals surface area contributed by atoms with Gasteiger partial charge in [-0.2, -0.15) is 4.99 Å². The predicted octanol–water partition coefficient (Wildman–Crippen LogP) is 7.99. The molecule has 1 aliphatic carbocycles. The highest BCUT2D eigenvalue weighted by molar-refractivity contribution is 7.78. The van der Waals surface area contributed by atoms with Gasteiger partial charge in [0.05, 0.1) is 27.8 Å². The number of aromatic nitrogens is 1. The topological polar surface area (TPSA) is 25.2 Å². The molecule has 0 amide bonds. The highest BCUT2D eigenvalue weighted by atomic mass is 35.5. The molecule has 2 aromatic rings. The minimum absolute atomic E-state index is 0.585. The Labute approximate surface area is 173 Å². The molecule has 1 aromatic heterocycles. The Balaban J connectivity index is 1.62. The van der Waals surface area contributed by atoms with Gasteiger partial charge in [-0.15, -0.1) is 0 Å². The van der Waals surface area contributed by atoms with Crippen LogP contribution >= 0.6 is 23.8 Å². The fourth-order valence-corrected chi connectivity index (χ4v) is 4.51. The van der Waals surface area contributed by atoms with Crippen molar-refractivity contribution in [3.8, 4) is 11.3 Å². The van der Waals surface area contributed by atoms with E-state index in [-0.39, 0.29) is 0 Å². The molecule has 0 atom stereocenters. The largest absolute Gasteiger partial charge is 0.252 e. The maximum absolute atomic E-state index is 6.37. The molecule has 4 heteroatoms. The first-order valence-corrected chi connectivity index (χ1v) is 10.8. The Morgan fingerprint density at radius 2 is 1.89 bits per heavy atom. The first-order chi connectivity index (χ1) is 13.2. The van der Waals surface area contributed by atoms with Crippen LogP contribution in [0.4, 0.5) is 5.69 Å². The molecule has 2 nitrogen and oxygen atoms in total. The van der Waals surface area contributed by atoms with Gasteiger partial charge in [-0.3, -0.25) is 4.98 Å². The summed E-state index contributed by atoms with van der Waals surface area (Å²) in [6.07, 6.45) is 12.6. The zero-order valence-electron chi connectivity index (χ0n) is 16.0. The summed E-state index contributed by atoms with van der Waals surface area (Å²) in [4.78, 5) is 8.37. The van der Waals surface area contributed by atoms with E-state index in [0.29, 0.717) is 16.6 Å². The number of isothiocyanates is 1. The molecule has 0 bridgehead atoms. The van der Waals surface area contributed by atoms with Crippen LogP contribution in [-0.2, 0) is 0 Å². The van der Waals surface area contributed by atoms with E-state index < -0.39 is 0 Å². The minimum atomic E-state index is 0.585. The normalized spacial score (nSPS) is 19.5. The maximum Gasteiger partial charge on any atom is 0.0937 e. The second kappa shape index (κ2) is 10.1. The van der Waals surface area contributed by atoms with Crippen molar-refractivity contribution in [3.63, 3.8) is 0 Å². The number of pyridine rings is 1. The van der Waals surface area contributed by atoms with Crippen molar-refractivity contribution in [1.82, 2.24) is 4.98 Å². The van der Waals surface area contributed by atoms with Crippen LogP contribution in [0.3, 0.4) is 0 Å². The third kappa shape index (κ3) is 5.48. The predicted molar refractivity (Wildman–Crippen MR) is 118 cm³/mol. The average Bonchev–Trinajstić information content (AvgIpc) is 2.69. The molecule has 1 aromatic carbocycles. The third-order valence-electron chi connectivity index (χ3n) is 5.72. The van der Waals surface area contributed by atoms with E-state index in [2.05, 4.69) is 58.5 Å². The number of aliphatic imine (C=N–C) groups is 1. The van der Waals surface area contributed by atoms with Crippen LogP contribution in [0.25, 0.3) is 11.3 Å². The van der Waals surface area contributed by atoms with E-state index >= 15 is 0 Å². The van der Waals surface area contributed by atoms with Crippen molar-refractivity contribution in [2.24, 2.45) is 10.9 Å². The van der Waals surface area contributed by atoms with Crippen LogP contribution in [0.2, 0.25) is 5.02 Å². The van der Waals surface area contributed by atoms with Crippen LogP contribution < -0.4 is 0 Å². The summed E-state index contributed by atoms with van der Waals surface area (Å²) in [5.41, 5.74) is 3.90. The molecule has 0 unspecified atom stereocenters. The van der Waals surface area contributed by atoms with Gasteiger partial charge in [0.25, 0.3) is 0 Å². The minimum Gasteiger partial charge on any atom is -0.252 e. The van der Waals surface area contributed by atoms with Gasteiger partial charge < -0.3 is 0 Å². The van der Waals surface area contributed by atoms with Crippen molar-refractivity contribution < 1.29 is 0 Å². The van der Waals surface area contributed by atoms with Gasteiger partial charge in [-0.05, 0) is 61.4 Å². The van der Waals surface area contributed by atoms with Crippen LogP contribution in [0.15, 0.2) is 41.5 Å². The Hall–Kier alpha value is -1.54. The number of rotatable bonds is 7. The molecule has 1 aliphatic rings. The van der Waals surface area contributed by atoms with Gasteiger partial charge in [0.2, 0.25) is 0 Å². The number of hydrogen-bond donors (Lipinski definition) is 0. The van der Waals surface area contributed by atoms with Gasteiger partial charge in [0.15, 0.2) is 0 Å². The summed E-state index contributed by atoms with van der Waals surface area (Å²) in [6, 6.07) is 10.5. The van der Waals surface area contributed by atoms with Gasteiger partial charge in [-0.25, -0.2) is 0 Å². The lowest BCUT2D eigenvalue weighted by atomic mass is 9.77. The smallest absolute Gasteiger partial charge is 0.0937 e. The zero-order valence-corrected chi connectivity index (χ0v) is 17.5. The molecule has 1 saturated carbocycles. The number of hydrogen-bond acceptors (Lipinski definition) is 3. The van der Waals surface area contributed by atoms with E-state index in [1.54, 1.807) is 12.3 Å². The number of halogens is 1. The van der Waals surface area contributed by atoms with Crippen LogP contribution in [0, 0.1) is 5.92 Å². The molecule has 142 valence electrons. The number of thiocarbonyl (C=S) groups is 1. The van der Waals surface area contributed by atoms with E-state index in [9.17, 15) is 0 Å². The monoisotopic (exact) mass is 398 g/mol. The number of benzene rings is 1. The highest BCUT2D eigenvalue weighted by Gasteiger charge is 2.22. The third-order valence-corrected chi connectivity index (χ3v) is 6.10. The molecule has 27 heavy (non-hydrogen) atoms. The van der Waals surface area contributed by atoms with Crippen molar-refractivity contribution in [2.45, 2.75) is 64.2 Å². The van der Waals surface area contributed by atoms with Crippen molar-refractivity contribution in [3.05, 3.63) is 47.1 Å². The molecule has 1 fully saturated rings. The average molecular weight is 399 g/mol. The molecule has 3 rings (SSSR count). The lowest BCUT2D eigenvalue weighted by Gasteiger charge is -2.29. The van der Waals surface area contributed by atoms with Crippen LogP contribution in [-0.4, -0.2) is 10.1 Å². The summed E-state index contributed by atoms with van der Waals surface area (Å²) in [7, 11) is 0. The fourth-order valence-electron chi connectivity index (χ4n) is 4.13. The summed E-state index contributed by atoms with van der Waals surface area (Å²) >= 11 is 11.0. The molecule has 0 N–H and O–H groups in total. The SMILES string of the molecule is CCCCCC1CCC(c2ccc(-c3ncc(N=C=S)cc3Cl)cc2)CC1. The highest BCUT2D eigenvalue weighted by Crippen LogP contribution is 2.38. The molecular formula is C23H27ClN2S. The second-order valence-corrected chi connectivity index (χ2v) is 8.15. The molecule has 0 spiro atoms. The molecule has 0 radical (unpaired) electrons. The Morgan fingerprint density at radius 3 is 2.52 bits per heavy atom. The Kier molecular flexibility index (Phi) is 7.58. The van der Waals surface area contributed by atoms with Crippen molar-refractivity contribution in [2.75, 3.05) is 0 Å². The molecule has 0 saturated heterocycles. The summed E-state index contributed by atoms with van der Waals surface area (Å²) in [6.45, 7) is 2.28. The quantitative estimate of drug-likeness (QED) is 0.268. The van der Waals surface area contributed by atoms with Gasteiger partial charge >= 0.3 is 0 Å². The molecule has 0 aliphatic heterocycles.